The van der Waals surface area contributed by atoms with Crippen LogP contribution in [0.2, 0.25) is 0 Å². The molecule has 16 heavy (non-hydrogen) atoms. The summed E-state index contributed by atoms with van der Waals surface area (Å²) in [4.78, 5) is 2.19. The van der Waals surface area contributed by atoms with Crippen LogP contribution in [-0.2, 0) is 0 Å². The van der Waals surface area contributed by atoms with Gasteiger partial charge < -0.3 is 15.5 Å². The Kier molecular flexibility index (Phi) is 6.06. The molecule has 1 aliphatic rings. The molecule has 0 aromatic rings. The first-order valence-corrected chi connectivity index (χ1v) is 6.68. The molecule has 0 amide bonds. The van der Waals surface area contributed by atoms with Crippen molar-refractivity contribution in [1.82, 2.24) is 15.5 Å². The first kappa shape index (κ1) is 13.7. The Hall–Kier alpha value is -0.350. The second kappa shape index (κ2) is 7.07. The van der Waals surface area contributed by atoms with E-state index in [-0.39, 0.29) is 0 Å². The van der Waals surface area contributed by atoms with E-state index in [0.717, 1.165) is 30.5 Å². The minimum Gasteiger partial charge on any atom is -0.363 e. The van der Waals surface area contributed by atoms with Gasteiger partial charge in [0.2, 0.25) is 0 Å². The van der Waals surface area contributed by atoms with Gasteiger partial charge in [-0.15, -0.1) is 0 Å². The van der Waals surface area contributed by atoms with Crippen molar-refractivity contribution in [3.05, 3.63) is 0 Å². The molecule has 0 heterocycles. The van der Waals surface area contributed by atoms with E-state index in [1.165, 1.54) is 19.3 Å². The fourth-order valence-electron chi connectivity index (χ4n) is 2.17. The van der Waals surface area contributed by atoms with Gasteiger partial charge in [0, 0.05) is 12.6 Å². The molecule has 1 rings (SSSR count). The third-order valence-electron chi connectivity index (χ3n) is 3.10. The predicted octanol–water partition coefficient (Wildman–Crippen LogP) is 1.59. The molecular weight excluding hydrogens is 218 g/mol. The molecule has 0 radical (unpaired) electrons. The highest BCUT2D eigenvalue weighted by molar-refractivity contribution is 7.80. The molecule has 2 unspecified atom stereocenters. The van der Waals surface area contributed by atoms with Gasteiger partial charge in [-0.25, -0.2) is 0 Å². The lowest BCUT2D eigenvalue weighted by molar-refractivity contribution is 0.399. The zero-order valence-electron chi connectivity index (χ0n) is 10.8. The number of hydrogen-bond acceptors (Lipinski definition) is 2. The summed E-state index contributed by atoms with van der Waals surface area (Å²) in [6, 6.07) is 0.601. The molecule has 2 atom stereocenters. The van der Waals surface area contributed by atoms with E-state index < -0.39 is 0 Å². The maximum Gasteiger partial charge on any atom is 0.166 e. The highest BCUT2D eigenvalue weighted by atomic mass is 32.1. The lowest BCUT2D eigenvalue weighted by Crippen LogP contribution is -2.41. The fourth-order valence-corrected chi connectivity index (χ4v) is 2.44. The van der Waals surface area contributed by atoms with Crippen molar-refractivity contribution < 1.29 is 0 Å². The van der Waals surface area contributed by atoms with Crippen molar-refractivity contribution in [3.63, 3.8) is 0 Å². The quantitative estimate of drug-likeness (QED) is 0.566. The van der Waals surface area contributed by atoms with Crippen LogP contribution in [0.25, 0.3) is 0 Å². The lowest BCUT2D eigenvalue weighted by Gasteiger charge is -2.16. The van der Waals surface area contributed by atoms with E-state index in [9.17, 15) is 0 Å². The third-order valence-corrected chi connectivity index (χ3v) is 3.36. The van der Waals surface area contributed by atoms with Crippen LogP contribution in [0.1, 0.15) is 32.6 Å². The van der Waals surface area contributed by atoms with Gasteiger partial charge >= 0.3 is 0 Å². The van der Waals surface area contributed by atoms with E-state index in [4.69, 9.17) is 12.2 Å². The minimum atomic E-state index is 0.601. The summed E-state index contributed by atoms with van der Waals surface area (Å²) in [5, 5.41) is 7.51. The van der Waals surface area contributed by atoms with Gasteiger partial charge in [-0.1, -0.05) is 6.92 Å². The highest BCUT2D eigenvalue weighted by Crippen LogP contribution is 2.24. The Labute approximate surface area is 105 Å². The van der Waals surface area contributed by atoms with Crippen LogP contribution in [0.15, 0.2) is 0 Å². The molecule has 0 aromatic heterocycles. The zero-order valence-corrected chi connectivity index (χ0v) is 11.6. The first-order valence-electron chi connectivity index (χ1n) is 6.27. The van der Waals surface area contributed by atoms with Crippen LogP contribution in [0.4, 0.5) is 0 Å². The van der Waals surface area contributed by atoms with Gasteiger partial charge in [0.25, 0.3) is 0 Å². The molecule has 3 nitrogen and oxygen atoms in total. The van der Waals surface area contributed by atoms with E-state index in [1.807, 2.05) is 0 Å². The summed E-state index contributed by atoms with van der Waals surface area (Å²) < 4.78 is 0. The predicted molar refractivity (Wildman–Crippen MR) is 73.7 cm³/mol. The molecule has 4 heteroatoms. The summed E-state index contributed by atoms with van der Waals surface area (Å²) in [6.45, 7) is 4.39. The maximum atomic E-state index is 5.27. The van der Waals surface area contributed by atoms with Gasteiger partial charge in [-0.05, 0) is 64.5 Å². The Morgan fingerprint density at radius 3 is 2.69 bits per heavy atom. The lowest BCUT2D eigenvalue weighted by atomic mass is 10.1. The van der Waals surface area contributed by atoms with Gasteiger partial charge in [-0.2, -0.15) is 0 Å². The molecule has 2 N–H and O–H groups in total. The monoisotopic (exact) mass is 243 g/mol. The van der Waals surface area contributed by atoms with Crippen LogP contribution in [0, 0.1) is 5.92 Å². The zero-order chi connectivity index (χ0) is 12.0. The molecule has 0 saturated heterocycles. The Balaban J connectivity index is 2.02. The molecule has 1 saturated carbocycles. The second-order valence-electron chi connectivity index (χ2n) is 5.17. The molecule has 0 aromatic carbocycles. The fraction of sp³-hybridized carbons (Fsp3) is 0.917. The van der Waals surface area contributed by atoms with Crippen molar-refractivity contribution in [2.45, 2.75) is 38.6 Å². The van der Waals surface area contributed by atoms with Crippen molar-refractivity contribution in [2.75, 3.05) is 27.2 Å². The molecule has 0 bridgehead atoms. The standard InChI is InChI=1S/C12H25N3S/c1-10-5-6-11(9-10)14-12(16)13-7-4-8-15(2)3/h10-11H,4-9H2,1-3H3,(H2,13,14,16). The number of nitrogens with one attached hydrogen (secondary N) is 2. The average Bonchev–Trinajstić information content (AvgIpc) is 2.58. The minimum absolute atomic E-state index is 0.601. The average molecular weight is 243 g/mol. The molecular formula is C12H25N3S. The van der Waals surface area contributed by atoms with Crippen LogP contribution in [-0.4, -0.2) is 43.2 Å². The Morgan fingerprint density at radius 2 is 2.12 bits per heavy atom. The Bertz CT molecular complexity index is 218. The summed E-state index contributed by atoms with van der Waals surface area (Å²) in [7, 11) is 4.19. The smallest absolute Gasteiger partial charge is 0.166 e. The first-order chi connectivity index (χ1) is 7.58. The van der Waals surface area contributed by atoms with Crippen molar-refractivity contribution in [1.29, 1.82) is 0 Å². The van der Waals surface area contributed by atoms with Crippen molar-refractivity contribution in [2.24, 2.45) is 5.92 Å². The van der Waals surface area contributed by atoms with Gasteiger partial charge in [0.05, 0.1) is 0 Å². The van der Waals surface area contributed by atoms with E-state index >= 15 is 0 Å². The summed E-state index contributed by atoms with van der Waals surface area (Å²) in [6.07, 6.45) is 5.00. The van der Waals surface area contributed by atoms with E-state index in [0.29, 0.717) is 6.04 Å². The largest absolute Gasteiger partial charge is 0.363 e. The summed E-state index contributed by atoms with van der Waals surface area (Å²) in [5.74, 6) is 0.856. The van der Waals surface area contributed by atoms with Gasteiger partial charge in [0.15, 0.2) is 5.11 Å². The molecule has 1 aliphatic carbocycles. The molecule has 0 spiro atoms. The highest BCUT2D eigenvalue weighted by Gasteiger charge is 2.21. The number of nitrogens with zero attached hydrogens (tertiary/aromatic N) is 1. The number of hydrogen-bond donors (Lipinski definition) is 2. The summed E-state index contributed by atoms with van der Waals surface area (Å²) in [5.41, 5.74) is 0. The normalized spacial score (nSPS) is 24.8. The van der Waals surface area contributed by atoms with E-state index in [2.05, 4.69) is 36.6 Å². The maximum absolute atomic E-state index is 5.27. The number of thiocarbonyl (C=S) groups is 1. The number of rotatable bonds is 5. The van der Waals surface area contributed by atoms with Crippen molar-refractivity contribution in [3.8, 4) is 0 Å². The summed E-state index contributed by atoms with van der Waals surface area (Å²) >= 11 is 5.27. The van der Waals surface area contributed by atoms with Crippen molar-refractivity contribution >= 4 is 17.3 Å². The third kappa shape index (κ3) is 5.66. The van der Waals surface area contributed by atoms with Gasteiger partial charge in [0.1, 0.15) is 0 Å². The molecule has 0 aliphatic heterocycles. The topological polar surface area (TPSA) is 27.3 Å². The second-order valence-corrected chi connectivity index (χ2v) is 5.58. The van der Waals surface area contributed by atoms with E-state index in [1.54, 1.807) is 0 Å². The Morgan fingerprint density at radius 1 is 1.38 bits per heavy atom. The van der Waals surface area contributed by atoms with Crippen LogP contribution in [0.5, 0.6) is 0 Å². The SMILES string of the molecule is CC1CCC(NC(=S)NCCCN(C)C)C1. The molecule has 1 fully saturated rings. The molecule has 94 valence electrons. The van der Waals surface area contributed by atoms with Crippen LogP contribution >= 0.6 is 12.2 Å². The van der Waals surface area contributed by atoms with Crippen LogP contribution < -0.4 is 10.6 Å². The van der Waals surface area contributed by atoms with Gasteiger partial charge in [-0.3, -0.25) is 0 Å². The van der Waals surface area contributed by atoms with Crippen LogP contribution in [0.3, 0.4) is 0 Å².